The Morgan fingerprint density at radius 2 is 1.89 bits per heavy atom. The molecule has 1 aliphatic heterocycles. The van der Waals surface area contributed by atoms with Crippen molar-refractivity contribution in [3.63, 3.8) is 0 Å². The lowest BCUT2D eigenvalue weighted by atomic mass is 9.82. The summed E-state index contributed by atoms with van der Waals surface area (Å²) in [7, 11) is 0. The monoisotopic (exact) mass is 521 g/mol. The van der Waals surface area contributed by atoms with Gasteiger partial charge in [0.25, 0.3) is 0 Å². The van der Waals surface area contributed by atoms with E-state index in [1.807, 2.05) is 49.4 Å². The molecule has 0 fully saturated rings. The summed E-state index contributed by atoms with van der Waals surface area (Å²) in [6.07, 6.45) is -0.0750. The number of nitrogens with two attached hydrogens (primary N) is 1. The van der Waals surface area contributed by atoms with E-state index in [9.17, 15) is 10.1 Å². The largest absolute Gasteiger partial charge is 0.440 e. The van der Waals surface area contributed by atoms with Crippen molar-refractivity contribution in [1.82, 2.24) is 4.98 Å². The molecule has 0 radical (unpaired) electrons. The summed E-state index contributed by atoms with van der Waals surface area (Å²) >= 11 is 6.07. The molecule has 3 heterocycles. The van der Waals surface area contributed by atoms with Gasteiger partial charge in [0, 0.05) is 21.5 Å². The summed E-state index contributed by atoms with van der Waals surface area (Å²) in [4.78, 5) is 18.3. The summed E-state index contributed by atoms with van der Waals surface area (Å²) in [6, 6.07) is 24.0. The van der Waals surface area contributed by atoms with E-state index in [4.69, 9.17) is 36.2 Å². The number of nitriles is 1. The maximum atomic E-state index is 13.5. The Labute approximate surface area is 222 Å². The highest BCUT2D eigenvalue weighted by Crippen LogP contribution is 2.47. The van der Waals surface area contributed by atoms with Crippen molar-refractivity contribution in [2.75, 3.05) is 0 Å². The average molecular weight is 522 g/mol. The smallest absolute Gasteiger partial charge is 0.344 e. The first kappa shape index (κ1) is 23.6. The number of halogens is 1. The minimum atomic E-state index is -0.793. The van der Waals surface area contributed by atoms with E-state index in [1.165, 1.54) is 0 Å². The molecule has 38 heavy (non-hydrogen) atoms. The molecule has 1 atom stereocenters. The molecule has 6 rings (SSSR count). The van der Waals surface area contributed by atoms with Gasteiger partial charge in [0.05, 0.1) is 34.9 Å². The van der Waals surface area contributed by atoms with Crippen molar-refractivity contribution < 1.29 is 13.9 Å². The third-order valence-corrected chi connectivity index (χ3v) is 6.79. The molecule has 0 spiro atoms. The second-order valence-corrected chi connectivity index (χ2v) is 9.46. The highest BCUT2D eigenvalue weighted by molar-refractivity contribution is 6.30. The van der Waals surface area contributed by atoms with Gasteiger partial charge in [-0.1, -0.05) is 41.4 Å². The maximum absolute atomic E-state index is 13.5. The van der Waals surface area contributed by atoms with Gasteiger partial charge in [0.15, 0.2) is 11.6 Å². The Balaban J connectivity index is 1.66. The molecule has 8 heteroatoms. The Morgan fingerprint density at radius 1 is 1.11 bits per heavy atom. The Hall–Kier alpha value is -4.80. The lowest BCUT2D eigenvalue weighted by Crippen LogP contribution is -2.27. The van der Waals surface area contributed by atoms with Crippen LogP contribution in [0.25, 0.3) is 21.9 Å². The molecule has 7 nitrogen and oxygen atoms in total. The minimum absolute atomic E-state index is 0.0584. The molecule has 186 valence electrons. The normalized spacial score (nSPS) is 14.7. The fourth-order valence-corrected chi connectivity index (χ4v) is 4.91. The first-order valence-electron chi connectivity index (χ1n) is 11.9. The summed E-state index contributed by atoms with van der Waals surface area (Å²) in [5, 5.41) is 11.7. The minimum Gasteiger partial charge on any atom is -0.440 e. The fraction of sp³-hybridized carbons (Fsp3) is 0.100. The van der Waals surface area contributed by atoms with Gasteiger partial charge in [0.1, 0.15) is 11.3 Å². The fourth-order valence-electron chi connectivity index (χ4n) is 4.79. The number of pyridine rings is 1. The van der Waals surface area contributed by atoms with Crippen LogP contribution >= 0.6 is 11.6 Å². The van der Waals surface area contributed by atoms with Gasteiger partial charge in [-0.05, 0) is 55.5 Å². The van der Waals surface area contributed by atoms with Gasteiger partial charge >= 0.3 is 5.63 Å². The van der Waals surface area contributed by atoms with Crippen molar-refractivity contribution in [3.05, 3.63) is 116 Å². The van der Waals surface area contributed by atoms with Crippen molar-refractivity contribution in [3.8, 4) is 23.4 Å². The van der Waals surface area contributed by atoms with Gasteiger partial charge < -0.3 is 19.6 Å². The molecule has 5 aromatic rings. The van der Waals surface area contributed by atoms with E-state index >= 15 is 0 Å². The number of hydrogen-bond acceptors (Lipinski definition) is 7. The number of allylic oxidation sites excluding steroid dienone is 1. The number of rotatable bonds is 4. The zero-order valence-corrected chi connectivity index (χ0v) is 21.0. The van der Waals surface area contributed by atoms with Gasteiger partial charge in [-0.15, -0.1) is 0 Å². The standard InChI is InChI=1S/C30H20ClN3O4/c1-16-6-11-24-21(14-16)27-26(30(35)37-24)25(20(12-13-32)28(33)38-27)22-15-17-4-2-3-5-23(17)34-29(22)36-19-9-7-18(31)8-10-19/h2-11,14-15,25H,12,33H2,1H3. The summed E-state index contributed by atoms with van der Waals surface area (Å²) < 4.78 is 18.0. The Kier molecular flexibility index (Phi) is 5.74. The van der Waals surface area contributed by atoms with Crippen molar-refractivity contribution in [2.45, 2.75) is 19.3 Å². The lowest BCUT2D eigenvalue weighted by molar-refractivity contribution is 0.379. The number of nitrogens with zero attached hydrogens (tertiary/aromatic N) is 2. The molecular weight excluding hydrogens is 502 g/mol. The molecule has 0 saturated heterocycles. The van der Waals surface area contributed by atoms with Crippen LogP contribution in [0.1, 0.15) is 29.0 Å². The van der Waals surface area contributed by atoms with E-state index in [2.05, 4.69) is 6.07 Å². The number of aryl methyl sites for hydroxylation is 1. The molecule has 2 aromatic heterocycles. The number of benzene rings is 3. The van der Waals surface area contributed by atoms with Crippen LogP contribution in [0, 0.1) is 18.3 Å². The van der Waals surface area contributed by atoms with Crippen LogP contribution in [0.15, 0.2) is 93.5 Å². The number of fused-ring (bicyclic) bond motifs is 4. The quantitative estimate of drug-likeness (QED) is 0.262. The van der Waals surface area contributed by atoms with Gasteiger partial charge in [0.2, 0.25) is 5.88 Å². The summed E-state index contributed by atoms with van der Waals surface area (Å²) in [6.45, 7) is 1.93. The zero-order valence-electron chi connectivity index (χ0n) is 20.2. The van der Waals surface area contributed by atoms with E-state index in [0.29, 0.717) is 44.1 Å². The Bertz CT molecular complexity index is 1870. The van der Waals surface area contributed by atoms with E-state index in [-0.39, 0.29) is 23.7 Å². The average Bonchev–Trinajstić information content (AvgIpc) is 2.91. The number of hydrogen-bond donors (Lipinski definition) is 1. The molecule has 0 bridgehead atoms. The van der Waals surface area contributed by atoms with E-state index in [1.54, 1.807) is 30.3 Å². The first-order chi connectivity index (χ1) is 18.4. The summed E-state index contributed by atoms with van der Waals surface area (Å²) in [5.41, 5.74) is 9.08. The van der Waals surface area contributed by atoms with Crippen LogP contribution in [-0.4, -0.2) is 4.98 Å². The topological polar surface area (TPSA) is 111 Å². The van der Waals surface area contributed by atoms with Crippen molar-refractivity contribution in [1.29, 1.82) is 5.26 Å². The van der Waals surface area contributed by atoms with Crippen LogP contribution in [0.3, 0.4) is 0 Å². The van der Waals surface area contributed by atoms with Gasteiger partial charge in [-0.25, -0.2) is 9.78 Å². The molecule has 1 unspecified atom stereocenters. The number of ether oxygens (including phenoxy) is 2. The highest BCUT2D eigenvalue weighted by atomic mass is 35.5. The van der Waals surface area contributed by atoms with Crippen LogP contribution in [0.5, 0.6) is 17.4 Å². The third-order valence-electron chi connectivity index (χ3n) is 6.54. The van der Waals surface area contributed by atoms with Gasteiger partial charge in [-0.2, -0.15) is 5.26 Å². The molecule has 0 aliphatic carbocycles. The SMILES string of the molecule is Cc1ccc2oc(=O)c3c(c2c1)OC(N)=C(CC#N)C3c1cc2ccccc2nc1Oc1ccc(Cl)cc1. The van der Waals surface area contributed by atoms with Crippen LogP contribution in [0.2, 0.25) is 5.02 Å². The van der Waals surface area contributed by atoms with Crippen LogP contribution in [0.4, 0.5) is 0 Å². The molecule has 0 amide bonds. The second kappa shape index (κ2) is 9.25. The predicted octanol–water partition coefficient (Wildman–Crippen LogP) is 6.70. The molecule has 1 aliphatic rings. The van der Waals surface area contributed by atoms with E-state index < -0.39 is 11.5 Å². The zero-order chi connectivity index (χ0) is 26.4. The number of para-hydroxylation sites is 1. The summed E-state index contributed by atoms with van der Waals surface area (Å²) in [5.74, 6) is 0.332. The van der Waals surface area contributed by atoms with Crippen LogP contribution < -0.4 is 20.8 Å². The molecule has 0 saturated carbocycles. The first-order valence-corrected chi connectivity index (χ1v) is 12.2. The highest BCUT2D eigenvalue weighted by Gasteiger charge is 2.37. The maximum Gasteiger partial charge on any atom is 0.344 e. The molecular formula is C30H20ClN3O4. The van der Waals surface area contributed by atoms with Crippen molar-refractivity contribution in [2.24, 2.45) is 5.73 Å². The molecule has 3 aromatic carbocycles. The third kappa shape index (κ3) is 4.01. The Morgan fingerprint density at radius 3 is 2.68 bits per heavy atom. The number of aromatic nitrogens is 1. The lowest BCUT2D eigenvalue weighted by Gasteiger charge is -2.29. The molecule has 2 N–H and O–H groups in total. The van der Waals surface area contributed by atoms with Crippen molar-refractivity contribution >= 4 is 33.5 Å². The van der Waals surface area contributed by atoms with Gasteiger partial charge in [-0.3, -0.25) is 0 Å². The second-order valence-electron chi connectivity index (χ2n) is 9.02. The predicted molar refractivity (Wildman–Crippen MR) is 144 cm³/mol. The van der Waals surface area contributed by atoms with E-state index in [0.717, 1.165) is 10.9 Å². The van der Waals surface area contributed by atoms with Crippen LogP contribution in [-0.2, 0) is 0 Å².